The molecule has 1 aromatic carbocycles. The highest BCUT2D eigenvalue weighted by Gasteiger charge is 2.17. The predicted octanol–water partition coefficient (Wildman–Crippen LogP) is 4.46. The minimum absolute atomic E-state index is 0.0883. The first kappa shape index (κ1) is 14.8. The van der Waals surface area contributed by atoms with Crippen molar-refractivity contribution in [1.82, 2.24) is 0 Å². The van der Waals surface area contributed by atoms with Crippen molar-refractivity contribution in [1.29, 1.82) is 0 Å². The van der Waals surface area contributed by atoms with Gasteiger partial charge in [0.05, 0.1) is 20.7 Å². The van der Waals surface area contributed by atoms with Gasteiger partial charge in [0, 0.05) is 18.7 Å². The first-order valence-corrected chi connectivity index (χ1v) is 7.94. The average molecular weight is 321 g/mol. The summed E-state index contributed by atoms with van der Waals surface area (Å²) in [5, 5.41) is 14.5. The second-order valence-corrected chi connectivity index (χ2v) is 6.52. The fourth-order valence-electron chi connectivity index (χ4n) is 2.03. The molecule has 0 aromatic heterocycles. The molecule has 0 bridgehead atoms. The van der Waals surface area contributed by atoms with Crippen molar-refractivity contribution in [2.45, 2.75) is 12.8 Å². The van der Waals surface area contributed by atoms with E-state index in [0.29, 0.717) is 21.7 Å². The molecule has 104 valence electrons. The molecular formula is C12H14Cl2N2O2S. The standard InChI is InChI=1S/C12H14Cl2N2O2S/c13-10-5-9(16(17)18)6-11(14)12(10)15-7-8-1-3-19-4-2-8/h5-6,8,15H,1-4,7H2. The van der Waals surface area contributed by atoms with Gasteiger partial charge in [0.15, 0.2) is 0 Å². The summed E-state index contributed by atoms with van der Waals surface area (Å²) in [7, 11) is 0. The van der Waals surface area contributed by atoms with Gasteiger partial charge in [0.25, 0.3) is 5.69 Å². The molecule has 1 heterocycles. The second-order valence-electron chi connectivity index (χ2n) is 4.48. The molecule has 0 saturated carbocycles. The molecule has 4 nitrogen and oxygen atoms in total. The average Bonchev–Trinajstić information content (AvgIpc) is 2.38. The van der Waals surface area contributed by atoms with Crippen molar-refractivity contribution >= 4 is 46.3 Å². The van der Waals surface area contributed by atoms with Gasteiger partial charge in [0.2, 0.25) is 0 Å². The number of nitrogens with zero attached hydrogens (tertiary/aromatic N) is 1. The van der Waals surface area contributed by atoms with Gasteiger partial charge in [-0.2, -0.15) is 11.8 Å². The third-order valence-corrected chi connectivity index (χ3v) is 4.79. The quantitative estimate of drug-likeness (QED) is 0.657. The molecule has 19 heavy (non-hydrogen) atoms. The van der Waals surface area contributed by atoms with Gasteiger partial charge < -0.3 is 5.32 Å². The zero-order chi connectivity index (χ0) is 13.8. The molecule has 1 aliphatic rings. The number of halogens is 2. The Kier molecular flexibility index (Phi) is 5.19. The van der Waals surface area contributed by atoms with Gasteiger partial charge in [-0.1, -0.05) is 23.2 Å². The van der Waals surface area contributed by atoms with Crippen LogP contribution < -0.4 is 5.32 Å². The molecule has 1 N–H and O–H groups in total. The fourth-order valence-corrected chi connectivity index (χ4v) is 3.84. The smallest absolute Gasteiger partial charge is 0.272 e. The summed E-state index contributed by atoms with van der Waals surface area (Å²) in [4.78, 5) is 10.2. The molecule has 1 saturated heterocycles. The maximum atomic E-state index is 10.7. The Morgan fingerprint density at radius 3 is 2.42 bits per heavy atom. The van der Waals surface area contributed by atoms with Gasteiger partial charge >= 0.3 is 0 Å². The minimum Gasteiger partial charge on any atom is -0.382 e. The summed E-state index contributed by atoms with van der Waals surface area (Å²) < 4.78 is 0. The summed E-state index contributed by atoms with van der Waals surface area (Å²) in [5.41, 5.74) is 0.502. The molecule has 0 amide bonds. The lowest BCUT2D eigenvalue weighted by Crippen LogP contribution is -2.19. The topological polar surface area (TPSA) is 55.2 Å². The van der Waals surface area contributed by atoms with Crippen molar-refractivity contribution in [3.63, 3.8) is 0 Å². The van der Waals surface area contributed by atoms with E-state index in [0.717, 1.165) is 6.54 Å². The van der Waals surface area contributed by atoms with E-state index in [1.54, 1.807) is 0 Å². The van der Waals surface area contributed by atoms with Crippen LogP contribution in [0.15, 0.2) is 12.1 Å². The number of rotatable bonds is 4. The van der Waals surface area contributed by atoms with Gasteiger partial charge in [-0.25, -0.2) is 0 Å². The van der Waals surface area contributed by atoms with Crippen molar-refractivity contribution in [2.24, 2.45) is 5.92 Å². The third-order valence-electron chi connectivity index (χ3n) is 3.15. The van der Waals surface area contributed by atoms with Crippen molar-refractivity contribution in [2.75, 3.05) is 23.4 Å². The number of nitro groups is 1. The molecule has 0 atom stereocenters. The molecule has 0 spiro atoms. The van der Waals surface area contributed by atoms with E-state index in [4.69, 9.17) is 23.2 Å². The number of nitro benzene ring substituents is 1. The molecule has 0 aliphatic carbocycles. The molecule has 1 fully saturated rings. The van der Waals surface area contributed by atoms with Crippen LogP contribution in [0.2, 0.25) is 10.0 Å². The Bertz CT molecular complexity index is 456. The van der Waals surface area contributed by atoms with E-state index in [-0.39, 0.29) is 5.69 Å². The van der Waals surface area contributed by atoms with E-state index in [2.05, 4.69) is 5.32 Å². The zero-order valence-corrected chi connectivity index (χ0v) is 12.5. The normalized spacial score (nSPS) is 16.3. The van der Waals surface area contributed by atoms with Gasteiger partial charge in [-0.05, 0) is 30.3 Å². The number of anilines is 1. The number of benzene rings is 1. The SMILES string of the molecule is O=[N+]([O-])c1cc(Cl)c(NCC2CCSCC2)c(Cl)c1. The molecule has 0 radical (unpaired) electrons. The van der Waals surface area contributed by atoms with Crippen LogP contribution in [0.25, 0.3) is 0 Å². The minimum atomic E-state index is -0.500. The number of nitrogens with one attached hydrogen (secondary N) is 1. The summed E-state index contributed by atoms with van der Waals surface area (Å²) in [6.45, 7) is 0.803. The molecular weight excluding hydrogens is 307 g/mol. The Morgan fingerprint density at radius 2 is 1.89 bits per heavy atom. The summed E-state index contributed by atoms with van der Waals surface area (Å²) in [6, 6.07) is 2.65. The summed E-state index contributed by atoms with van der Waals surface area (Å²) in [5.74, 6) is 2.99. The monoisotopic (exact) mass is 320 g/mol. The largest absolute Gasteiger partial charge is 0.382 e. The fraction of sp³-hybridized carbons (Fsp3) is 0.500. The van der Waals surface area contributed by atoms with Crippen LogP contribution in [0, 0.1) is 16.0 Å². The highest BCUT2D eigenvalue weighted by molar-refractivity contribution is 7.99. The Labute approximate surface area is 126 Å². The van der Waals surface area contributed by atoms with Gasteiger partial charge in [0.1, 0.15) is 0 Å². The van der Waals surface area contributed by atoms with E-state index >= 15 is 0 Å². The number of non-ortho nitro benzene ring substituents is 1. The molecule has 2 rings (SSSR count). The van der Waals surface area contributed by atoms with Crippen LogP contribution in [0.1, 0.15) is 12.8 Å². The Balaban J connectivity index is 2.05. The maximum Gasteiger partial charge on any atom is 0.272 e. The lowest BCUT2D eigenvalue weighted by molar-refractivity contribution is -0.384. The first-order valence-electron chi connectivity index (χ1n) is 6.03. The highest BCUT2D eigenvalue weighted by atomic mass is 35.5. The highest BCUT2D eigenvalue weighted by Crippen LogP contribution is 2.35. The number of thioether (sulfide) groups is 1. The van der Waals surface area contributed by atoms with Crippen LogP contribution in [-0.2, 0) is 0 Å². The van der Waals surface area contributed by atoms with Crippen LogP contribution in [-0.4, -0.2) is 23.0 Å². The number of hydrogen-bond donors (Lipinski definition) is 1. The maximum absolute atomic E-state index is 10.7. The summed E-state index contributed by atoms with van der Waals surface area (Å²) in [6.07, 6.45) is 2.36. The van der Waals surface area contributed by atoms with Crippen molar-refractivity contribution in [3.05, 3.63) is 32.3 Å². The predicted molar refractivity (Wildman–Crippen MR) is 81.7 cm³/mol. The molecule has 0 unspecified atom stereocenters. The van der Waals surface area contributed by atoms with Crippen LogP contribution in [0.3, 0.4) is 0 Å². The van der Waals surface area contributed by atoms with Crippen molar-refractivity contribution in [3.8, 4) is 0 Å². The molecule has 7 heteroatoms. The molecule has 1 aromatic rings. The van der Waals surface area contributed by atoms with Crippen molar-refractivity contribution < 1.29 is 4.92 Å². The zero-order valence-electron chi connectivity index (χ0n) is 10.2. The lowest BCUT2D eigenvalue weighted by Gasteiger charge is -2.22. The van der Waals surface area contributed by atoms with Gasteiger partial charge in [-0.15, -0.1) is 0 Å². The Morgan fingerprint density at radius 1 is 1.32 bits per heavy atom. The van der Waals surface area contributed by atoms with Crippen LogP contribution in [0.4, 0.5) is 11.4 Å². The van der Waals surface area contributed by atoms with Gasteiger partial charge in [-0.3, -0.25) is 10.1 Å². The third kappa shape index (κ3) is 3.91. The second kappa shape index (κ2) is 6.68. The van der Waals surface area contributed by atoms with E-state index < -0.39 is 4.92 Å². The van der Waals surface area contributed by atoms with E-state index in [9.17, 15) is 10.1 Å². The first-order chi connectivity index (χ1) is 9.08. The molecule has 1 aliphatic heterocycles. The van der Waals surface area contributed by atoms with E-state index in [1.165, 1.54) is 36.5 Å². The van der Waals surface area contributed by atoms with Crippen LogP contribution in [0.5, 0.6) is 0 Å². The van der Waals surface area contributed by atoms with Crippen LogP contribution >= 0.6 is 35.0 Å². The Hall–Kier alpha value is -0.650. The summed E-state index contributed by atoms with van der Waals surface area (Å²) >= 11 is 14.1. The van der Waals surface area contributed by atoms with E-state index in [1.807, 2.05) is 11.8 Å². The lowest BCUT2D eigenvalue weighted by atomic mass is 10.0. The number of hydrogen-bond acceptors (Lipinski definition) is 4.